The molecule has 0 saturated carbocycles. The van der Waals surface area contributed by atoms with Gasteiger partial charge in [0.2, 0.25) is 15.9 Å². The van der Waals surface area contributed by atoms with Gasteiger partial charge in [0, 0.05) is 43.9 Å². The Morgan fingerprint density at radius 1 is 0.941 bits per heavy atom. The second-order valence-electron chi connectivity index (χ2n) is 8.41. The summed E-state index contributed by atoms with van der Waals surface area (Å²) < 4.78 is 27.6. The Labute approximate surface area is 200 Å². The Balaban J connectivity index is 1.40. The number of hydrogen-bond donors (Lipinski definition) is 1. The normalized spacial score (nSPS) is 14.7. The number of anilines is 2. The molecular weight excluding hydrogens is 450 g/mol. The van der Waals surface area contributed by atoms with Crippen LogP contribution in [0.5, 0.6) is 0 Å². The molecule has 34 heavy (non-hydrogen) atoms. The van der Waals surface area contributed by atoms with Crippen molar-refractivity contribution in [3.63, 3.8) is 0 Å². The van der Waals surface area contributed by atoms with Gasteiger partial charge >= 0.3 is 0 Å². The Morgan fingerprint density at radius 2 is 1.65 bits per heavy atom. The minimum Gasteiger partial charge on any atom is -0.352 e. The lowest BCUT2D eigenvalue weighted by atomic mass is 10.0. The minimum atomic E-state index is -3.61. The summed E-state index contributed by atoms with van der Waals surface area (Å²) in [7, 11) is -3.61. The molecule has 0 aliphatic carbocycles. The van der Waals surface area contributed by atoms with Gasteiger partial charge in [-0.1, -0.05) is 30.7 Å². The van der Waals surface area contributed by atoms with Crippen molar-refractivity contribution < 1.29 is 13.2 Å². The second-order valence-corrected chi connectivity index (χ2v) is 10.4. The zero-order chi connectivity index (χ0) is 24.3. The van der Waals surface area contributed by atoms with E-state index in [2.05, 4.69) is 47.6 Å². The van der Waals surface area contributed by atoms with Crippen molar-refractivity contribution in [1.29, 1.82) is 0 Å². The van der Waals surface area contributed by atoms with Crippen molar-refractivity contribution in [2.75, 3.05) is 36.4 Å². The number of aryl methyl sites for hydroxylation is 2. The highest BCUT2D eigenvalue weighted by molar-refractivity contribution is 7.89. The van der Waals surface area contributed by atoms with Gasteiger partial charge < -0.3 is 10.2 Å². The molecule has 0 bridgehead atoms. The molecule has 178 valence electrons. The molecule has 2 aromatic carbocycles. The molecule has 0 unspecified atom stereocenters. The maximum absolute atomic E-state index is 13.1. The zero-order valence-electron chi connectivity index (χ0n) is 19.7. The van der Waals surface area contributed by atoms with E-state index in [0.717, 1.165) is 22.6 Å². The molecule has 1 N–H and O–H groups in total. The van der Waals surface area contributed by atoms with Crippen molar-refractivity contribution in [3.8, 4) is 11.3 Å². The fraction of sp³-hybridized carbons (Fsp3) is 0.320. The number of benzene rings is 2. The zero-order valence-corrected chi connectivity index (χ0v) is 20.5. The SMILES string of the molecule is CCC(=O)Nc1ccc(S(=O)(=O)N2CCN(c3ccc(-c4ccc(C)cc4C)nn3)CC2)cc1. The number of hydrogen-bond acceptors (Lipinski definition) is 6. The molecule has 1 saturated heterocycles. The van der Waals surface area contributed by atoms with E-state index in [4.69, 9.17) is 0 Å². The van der Waals surface area contributed by atoms with Crippen LogP contribution in [0.2, 0.25) is 0 Å². The highest BCUT2D eigenvalue weighted by Gasteiger charge is 2.29. The average molecular weight is 480 g/mol. The maximum Gasteiger partial charge on any atom is 0.243 e. The van der Waals surface area contributed by atoms with Gasteiger partial charge in [-0.15, -0.1) is 10.2 Å². The van der Waals surface area contributed by atoms with Crippen LogP contribution < -0.4 is 10.2 Å². The minimum absolute atomic E-state index is 0.114. The van der Waals surface area contributed by atoms with Gasteiger partial charge in [0.05, 0.1) is 10.6 Å². The molecule has 0 spiro atoms. The van der Waals surface area contributed by atoms with Gasteiger partial charge in [-0.25, -0.2) is 8.42 Å². The van der Waals surface area contributed by atoms with Crippen molar-refractivity contribution in [2.24, 2.45) is 0 Å². The molecular formula is C25H29N5O3S. The van der Waals surface area contributed by atoms with Crippen LogP contribution >= 0.6 is 0 Å². The molecule has 1 amide bonds. The number of nitrogens with zero attached hydrogens (tertiary/aromatic N) is 4. The first kappa shape index (κ1) is 23.8. The van der Waals surface area contributed by atoms with Crippen LogP contribution in [-0.2, 0) is 14.8 Å². The molecule has 4 rings (SSSR count). The molecule has 8 nitrogen and oxygen atoms in total. The summed E-state index contributed by atoms with van der Waals surface area (Å²) in [4.78, 5) is 13.8. The van der Waals surface area contributed by atoms with Gasteiger partial charge in [0.1, 0.15) is 0 Å². The predicted octanol–water partition coefficient (Wildman–Crippen LogP) is 3.62. The highest BCUT2D eigenvalue weighted by Crippen LogP contribution is 2.25. The summed E-state index contributed by atoms with van der Waals surface area (Å²) in [5.41, 5.74) is 4.82. The third-order valence-electron chi connectivity index (χ3n) is 5.97. The predicted molar refractivity (Wildman–Crippen MR) is 133 cm³/mol. The molecule has 9 heteroatoms. The lowest BCUT2D eigenvalue weighted by Gasteiger charge is -2.34. The first-order valence-electron chi connectivity index (χ1n) is 11.3. The van der Waals surface area contributed by atoms with Crippen LogP contribution in [0.4, 0.5) is 11.5 Å². The molecule has 3 aromatic rings. The first-order valence-corrected chi connectivity index (χ1v) is 12.8. The summed E-state index contributed by atoms with van der Waals surface area (Å²) >= 11 is 0. The summed E-state index contributed by atoms with van der Waals surface area (Å²) in [5.74, 6) is 0.624. The monoisotopic (exact) mass is 479 g/mol. The molecule has 2 heterocycles. The number of rotatable bonds is 6. The van der Waals surface area contributed by atoms with E-state index in [9.17, 15) is 13.2 Å². The third-order valence-corrected chi connectivity index (χ3v) is 7.88. The number of piperazine rings is 1. The number of sulfonamides is 1. The molecule has 0 atom stereocenters. The van der Waals surface area contributed by atoms with E-state index in [1.807, 2.05) is 17.0 Å². The number of nitrogens with one attached hydrogen (secondary N) is 1. The van der Waals surface area contributed by atoms with Crippen LogP contribution in [0.15, 0.2) is 59.5 Å². The van der Waals surface area contributed by atoms with E-state index >= 15 is 0 Å². The number of aromatic nitrogens is 2. The summed E-state index contributed by atoms with van der Waals surface area (Å²) in [6, 6.07) is 16.4. The van der Waals surface area contributed by atoms with Crippen LogP contribution in [0, 0.1) is 13.8 Å². The topological polar surface area (TPSA) is 95.5 Å². The van der Waals surface area contributed by atoms with Crippen LogP contribution in [0.3, 0.4) is 0 Å². The molecule has 1 fully saturated rings. The van der Waals surface area contributed by atoms with Gasteiger partial charge in [-0.2, -0.15) is 4.31 Å². The molecule has 0 radical (unpaired) electrons. The van der Waals surface area contributed by atoms with E-state index in [-0.39, 0.29) is 10.8 Å². The lowest BCUT2D eigenvalue weighted by Crippen LogP contribution is -2.49. The Bertz CT molecular complexity index is 1270. The first-order chi connectivity index (χ1) is 16.3. The van der Waals surface area contributed by atoms with Crippen molar-refractivity contribution in [1.82, 2.24) is 14.5 Å². The Kier molecular flexibility index (Phi) is 6.95. The number of carbonyl (C=O) groups is 1. The maximum atomic E-state index is 13.1. The molecule has 1 aliphatic heterocycles. The largest absolute Gasteiger partial charge is 0.352 e. The fourth-order valence-electron chi connectivity index (χ4n) is 4.00. The fourth-order valence-corrected chi connectivity index (χ4v) is 5.43. The highest BCUT2D eigenvalue weighted by atomic mass is 32.2. The lowest BCUT2D eigenvalue weighted by molar-refractivity contribution is -0.115. The van der Waals surface area contributed by atoms with Crippen molar-refractivity contribution >= 4 is 27.4 Å². The van der Waals surface area contributed by atoms with Gasteiger partial charge in [0.15, 0.2) is 5.82 Å². The number of amides is 1. The van der Waals surface area contributed by atoms with E-state index in [1.165, 1.54) is 22.0 Å². The molecule has 1 aromatic heterocycles. The summed E-state index contributed by atoms with van der Waals surface area (Å²) in [6.07, 6.45) is 0.364. The summed E-state index contributed by atoms with van der Waals surface area (Å²) in [5, 5.41) is 11.5. The smallest absolute Gasteiger partial charge is 0.243 e. The average Bonchev–Trinajstić information content (AvgIpc) is 2.84. The third kappa shape index (κ3) is 5.10. The van der Waals surface area contributed by atoms with Gasteiger partial charge in [0.25, 0.3) is 0 Å². The molecule has 1 aliphatic rings. The van der Waals surface area contributed by atoms with E-state index in [1.54, 1.807) is 19.1 Å². The van der Waals surface area contributed by atoms with Crippen molar-refractivity contribution in [2.45, 2.75) is 32.1 Å². The van der Waals surface area contributed by atoms with Gasteiger partial charge in [-0.3, -0.25) is 4.79 Å². The van der Waals surface area contributed by atoms with Crippen molar-refractivity contribution in [3.05, 3.63) is 65.7 Å². The van der Waals surface area contributed by atoms with Crippen LogP contribution in [-0.4, -0.2) is 55.0 Å². The second kappa shape index (κ2) is 9.90. The number of carbonyl (C=O) groups excluding carboxylic acids is 1. The Hall–Kier alpha value is -3.30. The van der Waals surface area contributed by atoms with Gasteiger partial charge in [-0.05, 0) is 55.8 Å². The standard InChI is InChI=1S/C25H29N5O3S/c1-4-25(31)26-20-6-8-21(9-7-20)34(32,33)30-15-13-29(14-16-30)24-12-11-23(27-28-24)22-10-5-18(2)17-19(22)3/h5-12,17H,4,13-16H2,1-3H3,(H,26,31). The van der Waals surface area contributed by atoms with Crippen LogP contribution in [0.25, 0.3) is 11.3 Å². The quantitative estimate of drug-likeness (QED) is 0.580. The van der Waals surface area contributed by atoms with E-state index < -0.39 is 10.0 Å². The van der Waals surface area contributed by atoms with Crippen LogP contribution in [0.1, 0.15) is 24.5 Å². The Morgan fingerprint density at radius 3 is 2.24 bits per heavy atom. The van der Waals surface area contributed by atoms with E-state index in [0.29, 0.717) is 38.3 Å². The summed E-state index contributed by atoms with van der Waals surface area (Å²) in [6.45, 7) is 7.66.